The number of aromatic nitrogens is 1. The molecule has 120 valence electrons. The van der Waals surface area contributed by atoms with Gasteiger partial charge in [-0.3, -0.25) is 4.98 Å². The number of nitrogens with zero attached hydrogens (tertiary/aromatic N) is 3. The van der Waals surface area contributed by atoms with Crippen LogP contribution in [-0.2, 0) is 10.8 Å². The normalized spacial score (nSPS) is 12.1. The number of hydrazine groups is 2. The molecular weight excluding hydrogens is 314 g/mol. The van der Waals surface area contributed by atoms with E-state index in [4.69, 9.17) is 11.7 Å². The Hall–Kier alpha value is -2.55. The first-order valence-electron chi connectivity index (χ1n) is 6.67. The van der Waals surface area contributed by atoms with Gasteiger partial charge >= 0.3 is 6.03 Å². The van der Waals surface area contributed by atoms with Crippen LogP contribution in [0.25, 0.3) is 0 Å². The van der Waals surface area contributed by atoms with Crippen LogP contribution < -0.4 is 16.7 Å². The molecule has 1 unspecified atom stereocenters. The number of carbonyl (C=O) groups excluding carboxylic acids is 1. The summed E-state index contributed by atoms with van der Waals surface area (Å²) in [4.78, 5) is 16.5. The van der Waals surface area contributed by atoms with Gasteiger partial charge in [0.25, 0.3) is 0 Å². The molecule has 1 atom stereocenters. The molecule has 0 saturated carbocycles. The number of nitrogens with two attached hydrogens (primary N) is 2. The number of pyridine rings is 1. The van der Waals surface area contributed by atoms with Crippen LogP contribution in [0.4, 0.5) is 10.5 Å². The van der Waals surface area contributed by atoms with Gasteiger partial charge < -0.3 is 0 Å². The first-order chi connectivity index (χ1) is 11.0. The first kappa shape index (κ1) is 16.8. The van der Waals surface area contributed by atoms with Crippen molar-refractivity contribution < 1.29 is 9.00 Å². The number of benzene rings is 1. The highest BCUT2D eigenvalue weighted by molar-refractivity contribution is 7.88. The van der Waals surface area contributed by atoms with Gasteiger partial charge in [0.2, 0.25) is 0 Å². The van der Waals surface area contributed by atoms with E-state index in [1.165, 1.54) is 17.8 Å². The van der Waals surface area contributed by atoms with E-state index in [0.29, 0.717) is 10.6 Å². The highest BCUT2D eigenvalue weighted by Crippen LogP contribution is 2.11. The Labute approximate surface area is 136 Å². The van der Waals surface area contributed by atoms with Crippen molar-refractivity contribution in [3.05, 3.63) is 66.0 Å². The number of rotatable bonds is 4. The number of carbonyl (C=O) groups is 1. The fourth-order valence-electron chi connectivity index (χ4n) is 1.67. The quantitative estimate of drug-likeness (QED) is 0.503. The predicted molar refractivity (Wildman–Crippen MR) is 89.1 cm³/mol. The molecule has 0 spiro atoms. The van der Waals surface area contributed by atoms with E-state index in [2.05, 4.69) is 4.98 Å². The second kappa shape index (κ2) is 7.63. The molecule has 4 N–H and O–H groups in total. The third kappa shape index (κ3) is 4.46. The minimum atomic E-state index is -1.41. The van der Waals surface area contributed by atoms with Crippen LogP contribution in [0.3, 0.4) is 0 Å². The van der Waals surface area contributed by atoms with Crippen molar-refractivity contribution in [2.45, 2.75) is 11.8 Å². The third-order valence-corrected chi connectivity index (χ3v) is 4.06. The number of hydrogen-bond donors (Lipinski definition) is 2. The van der Waals surface area contributed by atoms with Crippen LogP contribution in [0.1, 0.15) is 5.56 Å². The third-order valence-electron chi connectivity index (χ3n) is 2.95. The van der Waals surface area contributed by atoms with E-state index in [0.717, 1.165) is 15.6 Å². The molecule has 7 nitrogen and oxygen atoms in total. The van der Waals surface area contributed by atoms with Crippen molar-refractivity contribution in [2.75, 3.05) is 5.01 Å². The molecule has 2 aromatic rings. The van der Waals surface area contributed by atoms with Crippen molar-refractivity contribution >= 4 is 22.5 Å². The Kier molecular flexibility index (Phi) is 5.58. The lowest BCUT2D eigenvalue weighted by molar-refractivity contribution is 0.222. The maximum Gasteiger partial charge on any atom is 0.357 e. The molecule has 1 heterocycles. The lowest BCUT2D eigenvalue weighted by atomic mass is 10.2. The van der Waals surface area contributed by atoms with Crippen LogP contribution in [0.2, 0.25) is 0 Å². The van der Waals surface area contributed by atoms with E-state index in [9.17, 15) is 9.00 Å². The highest BCUT2D eigenvalue weighted by Gasteiger charge is 2.15. The molecular formula is C15H17N5O2S. The van der Waals surface area contributed by atoms with Crippen LogP contribution >= 0.6 is 0 Å². The summed E-state index contributed by atoms with van der Waals surface area (Å²) < 4.78 is 12.1. The lowest BCUT2D eigenvalue weighted by Gasteiger charge is -2.20. The van der Waals surface area contributed by atoms with Crippen molar-refractivity contribution in [3.8, 4) is 0 Å². The standard InChI is InChI=1S/C15H17N5O2S/c1-12-4-6-14(7-5-12)23(22)10-9-19(16)15(21)20(17)13-3-2-8-18-11-13/h2-11H,16-17H2,1H3/b10-9+. The van der Waals surface area contributed by atoms with Crippen LogP contribution in [0.15, 0.2) is 65.3 Å². The molecule has 23 heavy (non-hydrogen) atoms. The minimum absolute atomic E-state index is 0.390. The molecule has 0 radical (unpaired) electrons. The van der Waals surface area contributed by atoms with Gasteiger partial charge in [-0.05, 0) is 31.2 Å². The smallest absolute Gasteiger partial charge is 0.262 e. The fraction of sp³-hybridized carbons (Fsp3) is 0.0667. The summed E-state index contributed by atoms with van der Waals surface area (Å²) >= 11 is 0. The van der Waals surface area contributed by atoms with Crippen LogP contribution in [0.5, 0.6) is 0 Å². The van der Waals surface area contributed by atoms with Gasteiger partial charge in [-0.2, -0.15) is 0 Å². The first-order valence-corrected chi connectivity index (χ1v) is 7.88. The van der Waals surface area contributed by atoms with Gasteiger partial charge in [0.15, 0.2) is 0 Å². The Balaban J connectivity index is 2.02. The van der Waals surface area contributed by atoms with Gasteiger partial charge in [-0.25, -0.2) is 30.7 Å². The monoisotopic (exact) mass is 331 g/mol. The SMILES string of the molecule is Cc1ccc(S(=O)/C=C/N(N)C(=O)N(N)c2cccnc2)cc1. The van der Waals surface area contributed by atoms with Crippen molar-refractivity contribution in [1.82, 2.24) is 9.99 Å². The Morgan fingerprint density at radius 1 is 1.22 bits per heavy atom. The predicted octanol–water partition coefficient (Wildman–Crippen LogP) is 1.64. The average Bonchev–Trinajstić information content (AvgIpc) is 2.59. The van der Waals surface area contributed by atoms with Crippen molar-refractivity contribution in [3.63, 3.8) is 0 Å². The second-order valence-corrected chi connectivity index (χ2v) is 6.01. The van der Waals surface area contributed by atoms with E-state index in [1.54, 1.807) is 30.5 Å². The van der Waals surface area contributed by atoms with E-state index < -0.39 is 16.8 Å². The topological polar surface area (TPSA) is 106 Å². The van der Waals surface area contributed by atoms with E-state index in [1.807, 2.05) is 19.1 Å². The number of amides is 2. The highest BCUT2D eigenvalue weighted by atomic mass is 32.2. The zero-order valence-electron chi connectivity index (χ0n) is 12.5. The average molecular weight is 331 g/mol. The molecule has 1 aromatic carbocycles. The van der Waals surface area contributed by atoms with Gasteiger partial charge in [0.05, 0.1) is 22.7 Å². The molecule has 0 fully saturated rings. The van der Waals surface area contributed by atoms with E-state index >= 15 is 0 Å². The maximum atomic E-state index is 12.1. The van der Waals surface area contributed by atoms with Crippen molar-refractivity contribution in [2.24, 2.45) is 11.7 Å². The van der Waals surface area contributed by atoms with E-state index in [-0.39, 0.29) is 0 Å². The zero-order valence-corrected chi connectivity index (χ0v) is 13.3. The summed E-state index contributed by atoms with van der Waals surface area (Å²) in [5.41, 5.74) is 1.46. The largest absolute Gasteiger partial charge is 0.357 e. The fourth-order valence-corrected chi connectivity index (χ4v) is 2.47. The van der Waals surface area contributed by atoms with Gasteiger partial charge in [-0.1, -0.05) is 17.7 Å². The van der Waals surface area contributed by atoms with Crippen LogP contribution in [-0.4, -0.2) is 20.2 Å². The summed E-state index contributed by atoms with van der Waals surface area (Å²) in [5.74, 6) is 11.3. The van der Waals surface area contributed by atoms with Crippen LogP contribution in [0, 0.1) is 6.92 Å². The Morgan fingerprint density at radius 3 is 2.52 bits per heavy atom. The zero-order chi connectivity index (χ0) is 16.8. The molecule has 2 amide bonds. The molecule has 0 bridgehead atoms. The Morgan fingerprint density at radius 2 is 1.91 bits per heavy atom. The maximum absolute atomic E-state index is 12.1. The van der Waals surface area contributed by atoms with Gasteiger partial charge in [0.1, 0.15) is 0 Å². The molecule has 0 aliphatic carbocycles. The number of anilines is 1. The summed E-state index contributed by atoms with van der Waals surface area (Å²) in [6.07, 6.45) is 4.21. The molecule has 1 aromatic heterocycles. The molecule has 0 aliphatic rings. The molecule has 0 aliphatic heterocycles. The summed E-state index contributed by atoms with van der Waals surface area (Å²) in [5, 5.41) is 2.94. The second-order valence-electron chi connectivity index (χ2n) is 4.67. The van der Waals surface area contributed by atoms with Crippen molar-refractivity contribution in [1.29, 1.82) is 0 Å². The minimum Gasteiger partial charge on any atom is -0.262 e. The summed E-state index contributed by atoms with van der Waals surface area (Å²) in [7, 11) is -1.41. The van der Waals surface area contributed by atoms with Gasteiger partial charge in [0, 0.05) is 22.7 Å². The summed E-state index contributed by atoms with van der Waals surface area (Å²) in [6.45, 7) is 1.94. The number of urea groups is 1. The van der Waals surface area contributed by atoms with Gasteiger partial charge in [-0.15, -0.1) is 0 Å². The number of aryl methyl sites for hydroxylation is 1. The molecule has 0 saturated heterocycles. The number of hydrogen-bond acceptors (Lipinski definition) is 5. The molecule has 2 rings (SSSR count). The lowest BCUT2D eigenvalue weighted by Crippen LogP contribution is -2.48. The Bertz CT molecular complexity index is 718. The summed E-state index contributed by atoms with van der Waals surface area (Å²) in [6, 6.07) is 9.80. The molecule has 8 heteroatoms.